The smallest absolute Gasteiger partial charge is 0.161 e. The first kappa shape index (κ1) is 17.8. The summed E-state index contributed by atoms with van der Waals surface area (Å²) in [6, 6.07) is 8.25. The molecule has 132 valence electrons. The van der Waals surface area contributed by atoms with Crippen molar-refractivity contribution < 1.29 is 9.63 Å². The number of allylic oxidation sites excluding steroid dienone is 1. The number of hydrogen-bond acceptors (Lipinski definition) is 5. The first-order valence-corrected chi connectivity index (χ1v) is 8.90. The van der Waals surface area contributed by atoms with Gasteiger partial charge in [0.25, 0.3) is 0 Å². The number of nitrogens with one attached hydrogen (secondary N) is 2. The number of rotatable bonds is 6. The lowest BCUT2D eigenvalue weighted by Gasteiger charge is -2.27. The molecule has 0 saturated carbocycles. The van der Waals surface area contributed by atoms with Crippen LogP contribution in [0.1, 0.15) is 30.5 Å². The third-order valence-electron chi connectivity index (χ3n) is 4.84. The number of aliphatic hydroxyl groups is 1. The molecule has 1 saturated heterocycles. The molecule has 1 fully saturated rings. The Morgan fingerprint density at radius 2 is 2.28 bits per heavy atom. The summed E-state index contributed by atoms with van der Waals surface area (Å²) in [5.41, 5.74) is 5.14. The zero-order valence-corrected chi connectivity index (χ0v) is 15.0. The van der Waals surface area contributed by atoms with E-state index in [2.05, 4.69) is 34.5 Å². The molecule has 1 aromatic carbocycles. The molecule has 1 aromatic heterocycles. The molecule has 3 N–H and O–H groups in total. The van der Waals surface area contributed by atoms with Crippen molar-refractivity contribution in [1.29, 1.82) is 0 Å². The highest BCUT2D eigenvalue weighted by Crippen LogP contribution is 2.27. The Bertz CT molecular complexity index is 744. The summed E-state index contributed by atoms with van der Waals surface area (Å²) in [6.45, 7) is 8.25. The number of benzene rings is 1. The van der Waals surface area contributed by atoms with Gasteiger partial charge in [-0.1, -0.05) is 36.0 Å². The fraction of sp³-hybridized carbons (Fsp3) is 0.421. The van der Waals surface area contributed by atoms with Crippen LogP contribution in [0.4, 0.5) is 0 Å². The van der Waals surface area contributed by atoms with Crippen molar-refractivity contribution in [3.05, 3.63) is 47.8 Å². The Labute approximate surface area is 149 Å². The van der Waals surface area contributed by atoms with Crippen LogP contribution in [0.25, 0.3) is 11.3 Å². The first-order chi connectivity index (χ1) is 12.1. The Balaban J connectivity index is 1.86. The van der Waals surface area contributed by atoms with Crippen LogP contribution in [0.15, 0.2) is 41.1 Å². The van der Waals surface area contributed by atoms with Gasteiger partial charge in [-0.3, -0.25) is 0 Å². The molecular formula is C19H26BN3O2. The molecule has 2 atom stereocenters. The van der Waals surface area contributed by atoms with E-state index in [1.165, 1.54) is 5.56 Å². The number of hydrogen-bond donors (Lipinski definition) is 3. The molecule has 1 aliphatic heterocycles. The average molecular weight is 339 g/mol. The Morgan fingerprint density at radius 1 is 1.48 bits per heavy atom. The van der Waals surface area contributed by atoms with Gasteiger partial charge in [-0.2, -0.15) is 0 Å². The quantitative estimate of drug-likeness (QED) is 0.676. The van der Waals surface area contributed by atoms with Crippen molar-refractivity contribution in [2.75, 3.05) is 19.6 Å². The summed E-state index contributed by atoms with van der Waals surface area (Å²) in [7, 11) is 2.03. The second kappa shape index (κ2) is 7.89. The largest absolute Gasteiger partial charge is 0.392 e. The monoisotopic (exact) mass is 339 g/mol. The predicted molar refractivity (Wildman–Crippen MR) is 103 cm³/mol. The number of aliphatic hydroxyl groups excluding tert-OH is 1. The molecule has 5 nitrogen and oxygen atoms in total. The van der Waals surface area contributed by atoms with Gasteiger partial charge in [0.05, 0.1) is 11.8 Å². The summed E-state index contributed by atoms with van der Waals surface area (Å²) in [6.07, 6.45) is 1.26. The summed E-state index contributed by atoms with van der Waals surface area (Å²) in [5.74, 6) is 0.794. The third-order valence-corrected chi connectivity index (χ3v) is 4.84. The van der Waals surface area contributed by atoms with Crippen LogP contribution in [0.3, 0.4) is 0 Å². The van der Waals surface area contributed by atoms with Crippen LogP contribution in [0.5, 0.6) is 0 Å². The van der Waals surface area contributed by atoms with E-state index in [9.17, 15) is 5.11 Å². The Hall–Kier alpha value is -2.05. The maximum atomic E-state index is 10.3. The SMILES string of the molecule is Bc1c([C@H]2CNCC[C@H]2O)noc1-c1ccccc1CCNC(=C)C. The molecule has 1 aliphatic rings. The van der Waals surface area contributed by atoms with E-state index in [0.717, 1.165) is 60.7 Å². The van der Waals surface area contributed by atoms with E-state index in [1.807, 2.05) is 26.9 Å². The van der Waals surface area contributed by atoms with Crippen LogP contribution < -0.4 is 16.1 Å². The Kier molecular flexibility index (Phi) is 5.61. The number of aromatic nitrogens is 1. The first-order valence-electron chi connectivity index (χ1n) is 8.90. The highest BCUT2D eigenvalue weighted by molar-refractivity contribution is 6.36. The second-order valence-electron chi connectivity index (χ2n) is 6.80. The van der Waals surface area contributed by atoms with E-state index in [4.69, 9.17) is 4.52 Å². The van der Waals surface area contributed by atoms with E-state index in [1.54, 1.807) is 0 Å². The minimum atomic E-state index is -0.368. The van der Waals surface area contributed by atoms with Crippen molar-refractivity contribution in [2.45, 2.75) is 31.8 Å². The molecule has 0 spiro atoms. The normalized spacial score (nSPS) is 20.4. The molecule has 2 heterocycles. The van der Waals surface area contributed by atoms with Crippen molar-refractivity contribution in [2.24, 2.45) is 0 Å². The fourth-order valence-corrected chi connectivity index (χ4v) is 3.44. The molecule has 3 rings (SSSR count). The minimum Gasteiger partial charge on any atom is -0.392 e. The molecule has 0 bridgehead atoms. The number of nitrogens with zero attached hydrogens (tertiary/aromatic N) is 1. The van der Waals surface area contributed by atoms with Gasteiger partial charge in [-0.05, 0) is 37.3 Å². The zero-order valence-electron chi connectivity index (χ0n) is 15.0. The summed E-state index contributed by atoms with van der Waals surface area (Å²) in [4.78, 5) is 0. The van der Waals surface area contributed by atoms with E-state index in [-0.39, 0.29) is 12.0 Å². The van der Waals surface area contributed by atoms with Gasteiger partial charge in [-0.15, -0.1) is 0 Å². The van der Waals surface area contributed by atoms with Crippen molar-refractivity contribution in [3.63, 3.8) is 0 Å². The van der Waals surface area contributed by atoms with Crippen molar-refractivity contribution in [3.8, 4) is 11.3 Å². The van der Waals surface area contributed by atoms with Crippen LogP contribution in [-0.2, 0) is 6.42 Å². The van der Waals surface area contributed by atoms with Gasteiger partial charge in [0, 0.05) is 30.3 Å². The van der Waals surface area contributed by atoms with Gasteiger partial charge in [0.2, 0.25) is 0 Å². The fourth-order valence-electron chi connectivity index (χ4n) is 3.44. The van der Waals surface area contributed by atoms with Crippen LogP contribution in [-0.4, -0.2) is 43.8 Å². The molecule has 25 heavy (non-hydrogen) atoms. The maximum absolute atomic E-state index is 10.3. The minimum absolute atomic E-state index is 0.0107. The van der Waals surface area contributed by atoms with Gasteiger partial charge in [-0.25, -0.2) is 0 Å². The summed E-state index contributed by atoms with van der Waals surface area (Å²) >= 11 is 0. The summed E-state index contributed by atoms with van der Waals surface area (Å²) < 4.78 is 5.72. The molecule has 0 aliphatic carbocycles. The van der Waals surface area contributed by atoms with Gasteiger partial charge >= 0.3 is 0 Å². The van der Waals surface area contributed by atoms with Gasteiger partial charge < -0.3 is 20.3 Å². The second-order valence-corrected chi connectivity index (χ2v) is 6.80. The van der Waals surface area contributed by atoms with Crippen LogP contribution in [0.2, 0.25) is 0 Å². The topological polar surface area (TPSA) is 70.3 Å². The predicted octanol–water partition coefficient (Wildman–Crippen LogP) is 0.703. The van der Waals surface area contributed by atoms with Crippen molar-refractivity contribution in [1.82, 2.24) is 15.8 Å². The lowest BCUT2D eigenvalue weighted by atomic mass is 9.82. The van der Waals surface area contributed by atoms with Crippen LogP contribution in [0, 0.1) is 0 Å². The van der Waals surface area contributed by atoms with Gasteiger partial charge in [0.1, 0.15) is 7.85 Å². The third kappa shape index (κ3) is 3.97. The highest BCUT2D eigenvalue weighted by atomic mass is 16.5. The van der Waals surface area contributed by atoms with Crippen LogP contribution >= 0.6 is 0 Å². The molecule has 2 aromatic rings. The van der Waals surface area contributed by atoms with Gasteiger partial charge in [0.15, 0.2) is 5.76 Å². The highest BCUT2D eigenvalue weighted by Gasteiger charge is 2.30. The van der Waals surface area contributed by atoms with E-state index < -0.39 is 0 Å². The molecule has 6 heteroatoms. The lowest BCUT2D eigenvalue weighted by Crippen LogP contribution is -2.40. The van der Waals surface area contributed by atoms with E-state index in [0.29, 0.717) is 0 Å². The van der Waals surface area contributed by atoms with Crippen molar-refractivity contribution >= 4 is 13.3 Å². The van der Waals surface area contributed by atoms with E-state index >= 15 is 0 Å². The molecule has 0 radical (unpaired) electrons. The Morgan fingerprint density at radius 3 is 3.04 bits per heavy atom. The summed E-state index contributed by atoms with van der Waals surface area (Å²) in [5, 5.41) is 21.2. The molecule has 0 unspecified atom stereocenters. The lowest BCUT2D eigenvalue weighted by molar-refractivity contribution is 0.111. The maximum Gasteiger partial charge on any atom is 0.161 e. The molecular weight excluding hydrogens is 313 g/mol. The molecule has 0 amide bonds. The number of piperidine rings is 1. The zero-order chi connectivity index (χ0) is 17.8. The average Bonchev–Trinajstić information content (AvgIpc) is 2.97. The standard InChI is InChI=1S/C19H26BN3O2/c1-12(2)22-10-7-13-5-3-4-6-14(13)19-17(20)18(23-25-19)15-11-21-9-8-16(15)24/h3-6,15-16,21-22,24H,1,7-11,20H2,2H3/t15-,16+/m0/s1.